The maximum Gasteiger partial charge on any atom is 0.303 e. The van der Waals surface area contributed by atoms with Crippen molar-refractivity contribution in [3.63, 3.8) is 0 Å². The van der Waals surface area contributed by atoms with Crippen molar-refractivity contribution in [2.75, 3.05) is 0 Å². The molecule has 2 aromatic heterocycles. The Hall–Kier alpha value is -3.26. The number of aromatic amines is 1. The number of hydrogen-bond acceptors (Lipinski definition) is 5. The van der Waals surface area contributed by atoms with E-state index in [1.54, 1.807) is 16.8 Å². The highest BCUT2D eigenvalue weighted by atomic mass is 79.9. The third-order valence-electron chi connectivity index (χ3n) is 4.12. The third kappa shape index (κ3) is 3.59. The molecule has 0 unspecified atom stereocenters. The largest absolute Gasteiger partial charge is 0.459 e. The zero-order valence-electron chi connectivity index (χ0n) is 14.8. The van der Waals surface area contributed by atoms with E-state index >= 15 is 0 Å². The summed E-state index contributed by atoms with van der Waals surface area (Å²) in [5.41, 5.74) is 2.99. The maximum absolute atomic E-state index is 12.5. The van der Waals surface area contributed by atoms with E-state index in [-0.39, 0.29) is 17.9 Å². The van der Waals surface area contributed by atoms with Gasteiger partial charge in [-0.2, -0.15) is 5.10 Å². The molecule has 0 spiro atoms. The predicted molar refractivity (Wildman–Crippen MR) is 108 cm³/mol. The number of esters is 1. The highest BCUT2D eigenvalue weighted by molar-refractivity contribution is 9.10. The van der Waals surface area contributed by atoms with E-state index < -0.39 is 5.97 Å². The average molecular weight is 439 g/mol. The van der Waals surface area contributed by atoms with Crippen molar-refractivity contribution >= 4 is 32.9 Å². The molecular weight excluding hydrogens is 424 g/mol. The first-order valence-electron chi connectivity index (χ1n) is 8.49. The minimum atomic E-state index is -0.396. The van der Waals surface area contributed by atoms with Gasteiger partial charge in [-0.1, -0.05) is 28.1 Å². The smallest absolute Gasteiger partial charge is 0.303 e. The van der Waals surface area contributed by atoms with Gasteiger partial charge in [0.1, 0.15) is 12.3 Å². The van der Waals surface area contributed by atoms with Crippen LogP contribution in [0, 0.1) is 0 Å². The number of halogens is 1. The molecule has 2 aromatic carbocycles. The van der Waals surface area contributed by atoms with Crippen LogP contribution in [-0.2, 0) is 16.1 Å². The Morgan fingerprint density at radius 2 is 1.93 bits per heavy atom. The normalized spacial score (nSPS) is 10.9. The molecule has 0 radical (unpaired) electrons. The molecule has 1 N–H and O–H groups in total. The molecule has 0 bridgehead atoms. The van der Waals surface area contributed by atoms with Gasteiger partial charge < -0.3 is 9.72 Å². The Bertz CT molecular complexity index is 1230. The second kappa shape index (κ2) is 7.40. The summed E-state index contributed by atoms with van der Waals surface area (Å²) in [5.74, 6) is -0.396. The molecule has 28 heavy (non-hydrogen) atoms. The Labute approximate surface area is 168 Å². The SMILES string of the molecule is CC(=O)OCc1cc(-c2nc3ccccc3[nH]c2=O)nn1-c1ccc(Br)cc1. The number of ether oxygens (including phenoxy) is 1. The Balaban J connectivity index is 1.85. The van der Waals surface area contributed by atoms with Crippen LogP contribution >= 0.6 is 15.9 Å². The second-order valence-electron chi connectivity index (χ2n) is 6.12. The molecule has 0 atom stereocenters. The average Bonchev–Trinajstić information content (AvgIpc) is 3.10. The molecule has 2 heterocycles. The first kappa shape index (κ1) is 18.1. The molecule has 0 fully saturated rings. The predicted octanol–water partition coefficient (Wildman–Crippen LogP) is 3.60. The van der Waals surface area contributed by atoms with Crippen LogP contribution in [-0.4, -0.2) is 25.7 Å². The van der Waals surface area contributed by atoms with Gasteiger partial charge >= 0.3 is 5.97 Å². The summed E-state index contributed by atoms with van der Waals surface area (Å²) in [5, 5.41) is 4.55. The van der Waals surface area contributed by atoms with Crippen LogP contribution in [0.15, 0.2) is 63.9 Å². The summed E-state index contributed by atoms with van der Waals surface area (Å²) in [6.45, 7) is 1.38. The van der Waals surface area contributed by atoms with E-state index in [9.17, 15) is 9.59 Å². The summed E-state index contributed by atoms with van der Waals surface area (Å²) >= 11 is 3.41. The molecule has 0 aliphatic carbocycles. The number of carbonyl (C=O) groups excluding carboxylic acids is 1. The van der Waals surface area contributed by atoms with Gasteiger partial charge in [-0.3, -0.25) is 9.59 Å². The van der Waals surface area contributed by atoms with Gasteiger partial charge in [0.25, 0.3) is 5.56 Å². The molecule has 0 aliphatic heterocycles. The fourth-order valence-corrected chi connectivity index (χ4v) is 3.09. The summed E-state index contributed by atoms with van der Waals surface area (Å²) in [6, 6.07) is 16.5. The number of rotatable bonds is 4. The lowest BCUT2D eigenvalue weighted by atomic mass is 10.2. The standard InChI is InChI=1S/C20H15BrN4O3/c1-12(26)28-11-15-10-18(24-25(15)14-8-6-13(21)7-9-14)19-20(27)23-17-5-3-2-4-16(17)22-19/h2-10H,11H2,1H3,(H,23,27). The van der Waals surface area contributed by atoms with E-state index in [4.69, 9.17) is 4.74 Å². The minimum absolute atomic E-state index is 0.0316. The minimum Gasteiger partial charge on any atom is -0.459 e. The van der Waals surface area contributed by atoms with E-state index in [0.717, 1.165) is 10.2 Å². The zero-order chi connectivity index (χ0) is 19.7. The number of nitrogens with one attached hydrogen (secondary N) is 1. The number of H-pyrrole nitrogens is 1. The molecule has 4 aromatic rings. The number of carbonyl (C=O) groups is 1. The molecule has 140 valence electrons. The molecule has 8 heteroatoms. The number of para-hydroxylation sites is 2. The van der Waals surface area contributed by atoms with E-state index in [1.807, 2.05) is 42.5 Å². The van der Waals surface area contributed by atoms with E-state index in [0.29, 0.717) is 22.4 Å². The Kier molecular flexibility index (Phi) is 4.79. The lowest BCUT2D eigenvalue weighted by molar-refractivity contribution is -0.142. The molecule has 7 nitrogen and oxygen atoms in total. The Morgan fingerprint density at radius 3 is 2.68 bits per heavy atom. The van der Waals surface area contributed by atoms with Gasteiger partial charge in [0.05, 0.1) is 22.4 Å². The van der Waals surface area contributed by atoms with Crippen molar-refractivity contribution in [2.24, 2.45) is 0 Å². The second-order valence-corrected chi connectivity index (χ2v) is 7.04. The van der Waals surface area contributed by atoms with Crippen molar-refractivity contribution in [2.45, 2.75) is 13.5 Å². The first-order chi connectivity index (χ1) is 13.5. The van der Waals surface area contributed by atoms with E-state index in [2.05, 4.69) is 31.0 Å². The van der Waals surface area contributed by atoms with Crippen molar-refractivity contribution in [3.05, 3.63) is 75.1 Å². The zero-order valence-corrected chi connectivity index (χ0v) is 16.4. The summed E-state index contributed by atoms with van der Waals surface area (Å²) in [4.78, 5) is 31.1. The lowest BCUT2D eigenvalue weighted by Crippen LogP contribution is -2.12. The van der Waals surface area contributed by atoms with Crippen LogP contribution in [0.2, 0.25) is 0 Å². The van der Waals surface area contributed by atoms with Crippen molar-refractivity contribution in [1.29, 1.82) is 0 Å². The summed E-state index contributed by atoms with van der Waals surface area (Å²) < 4.78 is 7.72. The third-order valence-corrected chi connectivity index (χ3v) is 4.65. The summed E-state index contributed by atoms with van der Waals surface area (Å²) in [7, 11) is 0. The van der Waals surface area contributed by atoms with Crippen LogP contribution < -0.4 is 5.56 Å². The molecule has 0 amide bonds. The van der Waals surface area contributed by atoms with Gasteiger partial charge in [-0.25, -0.2) is 9.67 Å². The van der Waals surface area contributed by atoms with E-state index in [1.165, 1.54) is 6.92 Å². The summed E-state index contributed by atoms with van der Waals surface area (Å²) in [6.07, 6.45) is 0. The van der Waals surface area contributed by atoms with Crippen LogP contribution in [0.3, 0.4) is 0 Å². The van der Waals surface area contributed by atoms with Crippen LogP contribution in [0.1, 0.15) is 12.6 Å². The number of benzene rings is 2. The van der Waals surface area contributed by atoms with Crippen LogP contribution in [0.4, 0.5) is 0 Å². The van der Waals surface area contributed by atoms with Gasteiger partial charge in [-0.05, 0) is 42.5 Å². The quantitative estimate of drug-likeness (QED) is 0.491. The number of hydrogen-bond donors (Lipinski definition) is 1. The van der Waals surface area contributed by atoms with Gasteiger partial charge in [-0.15, -0.1) is 0 Å². The molecular formula is C20H15BrN4O3. The number of nitrogens with zero attached hydrogens (tertiary/aromatic N) is 3. The fourth-order valence-electron chi connectivity index (χ4n) is 2.82. The molecule has 0 saturated heterocycles. The number of aromatic nitrogens is 4. The maximum atomic E-state index is 12.5. The van der Waals surface area contributed by atoms with Crippen LogP contribution in [0.5, 0.6) is 0 Å². The monoisotopic (exact) mass is 438 g/mol. The van der Waals surface area contributed by atoms with Crippen molar-refractivity contribution in [3.8, 4) is 17.1 Å². The lowest BCUT2D eigenvalue weighted by Gasteiger charge is -2.07. The van der Waals surface area contributed by atoms with Crippen molar-refractivity contribution < 1.29 is 9.53 Å². The molecule has 4 rings (SSSR count). The van der Waals surface area contributed by atoms with Crippen molar-refractivity contribution in [1.82, 2.24) is 19.7 Å². The van der Waals surface area contributed by atoms with Gasteiger partial charge in [0.2, 0.25) is 0 Å². The first-order valence-corrected chi connectivity index (χ1v) is 9.28. The number of fused-ring (bicyclic) bond motifs is 1. The fraction of sp³-hybridized carbons (Fsp3) is 0.100. The highest BCUT2D eigenvalue weighted by Gasteiger charge is 2.16. The van der Waals surface area contributed by atoms with Gasteiger partial charge in [0, 0.05) is 11.4 Å². The van der Waals surface area contributed by atoms with Crippen LogP contribution in [0.25, 0.3) is 28.1 Å². The Morgan fingerprint density at radius 1 is 1.18 bits per heavy atom. The molecule has 0 aliphatic rings. The van der Waals surface area contributed by atoms with Gasteiger partial charge in [0.15, 0.2) is 5.69 Å². The highest BCUT2D eigenvalue weighted by Crippen LogP contribution is 2.21. The topological polar surface area (TPSA) is 89.9 Å². The molecule has 0 saturated carbocycles.